The standard InChI is InChI=1S/C16H13BrNO2.BrH/c17-13-3-1-2-4-14(13)18-6-5-11-7-15-16(20-10-19-15)8-12(11)9-18;/h1-4,7-9H,5-6,10H2;1H/q+1;/p-1. The summed E-state index contributed by atoms with van der Waals surface area (Å²) < 4.78 is 14.3. The summed E-state index contributed by atoms with van der Waals surface area (Å²) in [6, 6.07) is 12.5. The molecular formula is C16H13Br2NO2. The first-order valence-electron chi connectivity index (χ1n) is 6.60. The van der Waals surface area contributed by atoms with Crippen LogP contribution in [-0.2, 0) is 6.42 Å². The van der Waals surface area contributed by atoms with E-state index in [9.17, 15) is 0 Å². The highest BCUT2D eigenvalue weighted by molar-refractivity contribution is 9.10. The van der Waals surface area contributed by atoms with Gasteiger partial charge in [0.25, 0.3) is 0 Å². The first-order valence-corrected chi connectivity index (χ1v) is 7.39. The zero-order valence-corrected chi connectivity index (χ0v) is 14.4. The van der Waals surface area contributed by atoms with Gasteiger partial charge in [-0.25, -0.2) is 0 Å². The fourth-order valence-corrected chi connectivity index (χ4v) is 3.20. The lowest BCUT2D eigenvalue weighted by atomic mass is 10.0. The van der Waals surface area contributed by atoms with Crippen LogP contribution in [-0.4, -0.2) is 24.1 Å². The molecule has 3 nitrogen and oxygen atoms in total. The van der Waals surface area contributed by atoms with Crippen LogP contribution >= 0.6 is 15.9 Å². The van der Waals surface area contributed by atoms with E-state index >= 15 is 0 Å². The van der Waals surface area contributed by atoms with Crippen molar-refractivity contribution in [1.29, 1.82) is 0 Å². The van der Waals surface area contributed by atoms with Gasteiger partial charge < -0.3 is 26.5 Å². The van der Waals surface area contributed by atoms with E-state index in [4.69, 9.17) is 9.47 Å². The van der Waals surface area contributed by atoms with Gasteiger partial charge >= 0.3 is 0 Å². The Labute approximate surface area is 142 Å². The summed E-state index contributed by atoms with van der Waals surface area (Å²) in [4.78, 5) is 0. The number of halogens is 2. The molecule has 0 aromatic heterocycles. The Bertz CT molecular complexity index is 728. The number of hydrogen-bond donors (Lipinski definition) is 0. The molecule has 21 heavy (non-hydrogen) atoms. The average molecular weight is 411 g/mol. The van der Waals surface area contributed by atoms with Crippen LogP contribution in [0.25, 0.3) is 0 Å². The maximum absolute atomic E-state index is 5.46. The van der Waals surface area contributed by atoms with Crippen LogP contribution in [0, 0.1) is 0 Å². The summed E-state index contributed by atoms with van der Waals surface area (Å²) in [5.41, 5.74) is 3.71. The third-order valence-electron chi connectivity index (χ3n) is 3.71. The van der Waals surface area contributed by atoms with E-state index in [1.807, 2.05) is 6.07 Å². The smallest absolute Gasteiger partial charge is 0.231 e. The number of benzene rings is 2. The molecule has 2 aliphatic rings. The summed E-state index contributed by atoms with van der Waals surface area (Å²) in [7, 11) is 0. The van der Waals surface area contributed by atoms with Gasteiger partial charge in [-0.1, -0.05) is 12.1 Å². The van der Waals surface area contributed by atoms with E-state index in [-0.39, 0.29) is 17.0 Å². The van der Waals surface area contributed by atoms with Gasteiger partial charge in [-0.3, -0.25) is 0 Å². The van der Waals surface area contributed by atoms with E-state index in [2.05, 4.69) is 57.1 Å². The topological polar surface area (TPSA) is 21.5 Å². The molecule has 4 rings (SSSR count). The first kappa shape index (κ1) is 14.6. The lowest BCUT2D eigenvalue weighted by molar-refractivity contribution is -0.437. The Hall–Kier alpha value is -1.33. The Kier molecular flexibility index (Phi) is 4.04. The van der Waals surface area contributed by atoms with Crippen LogP contribution < -0.4 is 26.5 Å². The van der Waals surface area contributed by atoms with Gasteiger partial charge in [-0.2, -0.15) is 4.58 Å². The molecule has 0 radical (unpaired) electrons. The fraction of sp³-hybridized carbons (Fsp3) is 0.188. The molecule has 2 aromatic rings. The minimum Gasteiger partial charge on any atom is -1.00 e. The van der Waals surface area contributed by atoms with Gasteiger partial charge in [0.05, 0.1) is 4.47 Å². The Morgan fingerprint density at radius 2 is 1.81 bits per heavy atom. The quantitative estimate of drug-likeness (QED) is 0.638. The molecule has 108 valence electrons. The van der Waals surface area contributed by atoms with Crippen molar-refractivity contribution in [2.24, 2.45) is 0 Å². The third kappa shape index (κ3) is 2.60. The second-order valence-electron chi connectivity index (χ2n) is 4.93. The normalized spacial score (nSPS) is 15.0. The summed E-state index contributed by atoms with van der Waals surface area (Å²) >= 11 is 3.62. The molecule has 0 fully saturated rings. The maximum atomic E-state index is 5.46. The average Bonchev–Trinajstić information content (AvgIpc) is 2.92. The second-order valence-corrected chi connectivity index (χ2v) is 5.78. The largest absolute Gasteiger partial charge is 1.00 e. The van der Waals surface area contributed by atoms with Gasteiger partial charge in [0.1, 0.15) is 0 Å². The van der Waals surface area contributed by atoms with Crippen LogP contribution in [0.4, 0.5) is 5.69 Å². The van der Waals surface area contributed by atoms with Crippen molar-refractivity contribution in [2.75, 3.05) is 13.3 Å². The highest BCUT2D eigenvalue weighted by atomic mass is 79.9. The lowest BCUT2D eigenvalue weighted by Gasteiger charge is -2.13. The third-order valence-corrected chi connectivity index (χ3v) is 4.38. The molecule has 0 amide bonds. The minimum absolute atomic E-state index is 0. The molecule has 5 heteroatoms. The summed E-state index contributed by atoms with van der Waals surface area (Å²) in [5.74, 6) is 1.71. The molecule has 0 bridgehead atoms. The van der Waals surface area contributed by atoms with Crippen LogP contribution in [0.2, 0.25) is 0 Å². The van der Waals surface area contributed by atoms with E-state index in [0.29, 0.717) is 6.79 Å². The number of hydrogen-bond acceptors (Lipinski definition) is 2. The van der Waals surface area contributed by atoms with Crippen LogP contribution in [0.3, 0.4) is 0 Å². The maximum Gasteiger partial charge on any atom is 0.231 e. The van der Waals surface area contributed by atoms with Crippen molar-refractivity contribution < 1.29 is 31.0 Å². The fourth-order valence-electron chi connectivity index (χ4n) is 2.68. The number of para-hydroxylation sites is 1. The molecule has 0 spiro atoms. The van der Waals surface area contributed by atoms with Gasteiger partial charge in [0.15, 0.2) is 24.3 Å². The molecule has 0 atom stereocenters. The van der Waals surface area contributed by atoms with Crippen molar-refractivity contribution in [2.45, 2.75) is 6.42 Å². The van der Waals surface area contributed by atoms with E-state index in [1.165, 1.54) is 16.8 Å². The predicted molar refractivity (Wildman–Crippen MR) is 80.4 cm³/mol. The first-order chi connectivity index (χ1) is 9.81. The van der Waals surface area contributed by atoms with Crippen LogP contribution in [0.5, 0.6) is 11.5 Å². The molecule has 0 N–H and O–H groups in total. The number of nitrogens with zero attached hydrogens (tertiary/aromatic N) is 1. The number of rotatable bonds is 1. The molecule has 0 unspecified atom stereocenters. The monoisotopic (exact) mass is 409 g/mol. The summed E-state index contributed by atoms with van der Waals surface area (Å²) in [6.45, 7) is 1.29. The van der Waals surface area contributed by atoms with E-state index < -0.39 is 0 Å². The predicted octanol–water partition coefficient (Wildman–Crippen LogP) is 0.501. The summed E-state index contributed by atoms with van der Waals surface area (Å²) in [6.07, 6.45) is 3.19. The van der Waals surface area contributed by atoms with Gasteiger partial charge in [0, 0.05) is 18.1 Å². The molecule has 0 aliphatic carbocycles. The van der Waals surface area contributed by atoms with Crippen molar-refractivity contribution in [1.82, 2.24) is 0 Å². The van der Waals surface area contributed by atoms with Gasteiger partial charge in [-0.05, 0) is 39.7 Å². The molecule has 2 aliphatic heterocycles. The van der Waals surface area contributed by atoms with Gasteiger partial charge in [0.2, 0.25) is 12.5 Å². The zero-order chi connectivity index (χ0) is 13.5. The second kappa shape index (κ2) is 5.81. The molecule has 0 saturated carbocycles. The van der Waals surface area contributed by atoms with E-state index in [1.54, 1.807) is 0 Å². The molecule has 2 heterocycles. The van der Waals surface area contributed by atoms with Crippen LogP contribution in [0.15, 0.2) is 40.9 Å². The van der Waals surface area contributed by atoms with Crippen molar-refractivity contribution >= 4 is 27.8 Å². The SMILES string of the molecule is Brc1ccccc1[N+]1=Cc2cc3c(cc2CC1)OCO3.[Br-]. The van der Waals surface area contributed by atoms with Crippen LogP contribution in [0.1, 0.15) is 11.1 Å². The zero-order valence-electron chi connectivity index (χ0n) is 11.2. The Morgan fingerprint density at radius 1 is 1.05 bits per heavy atom. The Morgan fingerprint density at radius 3 is 2.62 bits per heavy atom. The van der Waals surface area contributed by atoms with Gasteiger partial charge in [-0.15, -0.1) is 0 Å². The lowest BCUT2D eigenvalue weighted by Crippen LogP contribution is -3.00. The minimum atomic E-state index is 0. The van der Waals surface area contributed by atoms with Crippen molar-refractivity contribution in [3.63, 3.8) is 0 Å². The molecule has 0 saturated heterocycles. The highest BCUT2D eigenvalue weighted by Crippen LogP contribution is 2.36. The van der Waals surface area contributed by atoms with Crippen molar-refractivity contribution in [3.05, 3.63) is 52.0 Å². The highest BCUT2D eigenvalue weighted by Gasteiger charge is 2.24. The van der Waals surface area contributed by atoms with E-state index in [0.717, 1.165) is 28.9 Å². The van der Waals surface area contributed by atoms with Crippen molar-refractivity contribution in [3.8, 4) is 11.5 Å². The molecular weight excluding hydrogens is 398 g/mol. The molecule has 2 aromatic carbocycles. The Balaban J connectivity index is 0.00000132. The number of fused-ring (bicyclic) bond motifs is 2. The summed E-state index contributed by atoms with van der Waals surface area (Å²) in [5, 5.41) is 0. The number of ether oxygens (including phenoxy) is 2.